The quantitative estimate of drug-likeness (QED) is 0.0333. The Hall–Kier alpha value is -3.87. The summed E-state index contributed by atoms with van der Waals surface area (Å²) in [6, 6.07) is 24.4. The third-order valence-corrected chi connectivity index (χ3v) is 12.0. The van der Waals surface area contributed by atoms with Gasteiger partial charge in [-0.15, -0.1) is 0 Å². The monoisotopic (exact) mass is 953 g/mol. The van der Waals surface area contributed by atoms with Gasteiger partial charge in [-0.1, -0.05) is 236 Å². The van der Waals surface area contributed by atoms with E-state index in [1.807, 2.05) is 36.4 Å². The van der Waals surface area contributed by atoms with Crippen LogP contribution in [0.25, 0.3) is 33.9 Å². The van der Waals surface area contributed by atoms with E-state index in [0.717, 1.165) is 59.6 Å². The molecule has 0 saturated carbocycles. The zero-order valence-corrected chi connectivity index (χ0v) is 42.4. The Kier molecular flexibility index (Phi) is 38.7. The molecule has 4 rings (SSSR count). The first-order chi connectivity index (χ1) is 31.8. The molecule has 0 unspecified atom stereocenters. The number of pyridine rings is 3. The Balaban J connectivity index is 0.000000498. The summed E-state index contributed by atoms with van der Waals surface area (Å²) in [6.07, 6.45) is 43.3. The van der Waals surface area contributed by atoms with Crippen LogP contribution < -0.4 is 10.2 Å². The minimum absolute atomic E-state index is 0. The number of nitrogens with zero attached hydrogens (tertiary/aromatic N) is 3. The van der Waals surface area contributed by atoms with Crippen molar-refractivity contribution in [2.45, 2.75) is 226 Å². The molecule has 3 aromatic heterocycles. The smallest absolute Gasteiger partial charge is 0.550 e. The normalized spacial score (nSPS) is 10.6. The Morgan fingerprint density at radius 2 is 0.697 bits per heavy atom. The molecule has 0 N–H and O–H groups in total. The molecule has 0 spiro atoms. The van der Waals surface area contributed by atoms with Gasteiger partial charge in [0.1, 0.15) is 0 Å². The van der Waals surface area contributed by atoms with E-state index in [1.54, 1.807) is 12.4 Å². The number of aliphatic carboxylic acids is 2. The number of carbonyl (C=O) groups is 2. The van der Waals surface area contributed by atoms with Gasteiger partial charge in [0.15, 0.2) is 0 Å². The molecule has 0 fully saturated rings. The molecule has 0 aliphatic carbocycles. The van der Waals surface area contributed by atoms with Gasteiger partial charge in [0.2, 0.25) is 0 Å². The molecular formula is C58H87CuN3O4. The average molecular weight is 954 g/mol. The third kappa shape index (κ3) is 32.7. The van der Waals surface area contributed by atoms with Crippen molar-refractivity contribution in [3.8, 4) is 33.9 Å². The number of rotatable bonds is 35. The van der Waals surface area contributed by atoms with Crippen molar-refractivity contribution in [2.75, 3.05) is 0 Å². The van der Waals surface area contributed by atoms with Gasteiger partial charge in [-0.3, -0.25) is 9.97 Å². The molecule has 7 nitrogen and oxygen atoms in total. The molecule has 4 aromatic rings. The molecule has 66 heavy (non-hydrogen) atoms. The van der Waals surface area contributed by atoms with Crippen LogP contribution >= 0.6 is 0 Å². The number of benzene rings is 1. The number of carboxylic acid groups (broad SMARTS) is 2. The Morgan fingerprint density at radius 1 is 0.394 bits per heavy atom. The molecule has 0 atom stereocenters. The van der Waals surface area contributed by atoms with Gasteiger partial charge in [0, 0.05) is 24.3 Å². The average Bonchev–Trinajstić information content (AvgIpc) is 3.32. The minimum atomic E-state index is -0.903. The zero-order chi connectivity index (χ0) is 46.8. The molecule has 0 bridgehead atoms. The van der Waals surface area contributed by atoms with Crippen molar-refractivity contribution < 1.29 is 36.9 Å². The Bertz CT molecular complexity index is 1620. The molecule has 1 aromatic carbocycles. The molecule has 0 aliphatic heterocycles. The van der Waals surface area contributed by atoms with E-state index in [1.165, 1.54) is 173 Å². The second-order valence-corrected chi connectivity index (χ2v) is 18.1. The summed E-state index contributed by atoms with van der Waals surface area (Å²) in [5.74, 6) is -1.81. The fourth-order valence-corrected chi connectivity index (χ4v) is 8.02. The summed E-state index contributed by atoms with van der Waals surface area (Å²) in [5.41, 5.74) is 6.91. The molecule has 0 amide bonds. The van der Waals surface area contributed by atoms with Crippen molar-refractivity contribution in [1.82, 2.24) is 15.0 Å². The first-order valence-corrected chi connectivity index (χ1v) is 26.2. The van der Waals surface area contributed by atoms with Gasteiger partial charge in [-0.2, -0.15) is 0 Å². The SMILES string of the molecule is CCCCCCCCCCCCCCCCCC(=O)[O-].CCCCCCCCCCCCCCCCCC(=O)[O-].Cc1ccc(-c2cc(-c3ccccn3)nc(-c3ccccn3)c2)cc1.[Cu+2]. The summed E-state index contributed by atoms with van der Waals surface area (Å²) in [7, 11) is 0. The second-order valence-electron chi connectivity index (χ2n) is 18.1. The largest absolute Gasteiger partial charge is 2.00 e. The van der Waals surface area contributed by atoms with Gasteiger partial charge in [-0.05, 0) is 80.1 Å². The van der Waals surface area contributed by atoms with E-state index >= 15 is 0 Å². The maximum absolute atomic E-state index is 10.2. The van der Waals surface area contributed by atoms with Crippen LogP contribution in [0.4, 0.5) is 0 Å². The number of hydrogen-bond acceptors (Lipinski definition) is 7. The summed E-state index contributed by atoms with van der Waals surface area (Å²) >= 11 is 0. The number of aryl methyl sites for hydroxylation is 1. The van der Waals surface area contributed by atoms with Crippen molar-refractivity contribution >= 4 is 11.9 Å². The van der Waals surface area contributed by atoms with E-state index in [2.05, 4.69) is 67.1 Å². The Morgan fingerprint density at radius 3 is 0.970 bits per heavy atom. The van der Waals surface area contributed by atoms with Crippen LogP contribution in [-0.2, 0) is 26.7 Å². The van der Waals surface area contributed by atoms with Crippen LogP contribution in [0.3, 0.4) is 0 Å². The van der Waals surface area contributed by atoms with Gasteiger partial charge in [0.05, 0.1) is 22.8 Å². The molecule has 0 saturated heterocycles. The summed E-state index contributed by atoms with van der Waals surface area (Å²) in [5, 5.41) is 20.4. The van der Waals surface area contributed by atoms with E-state index in [9.17, 15) is 19.8 Å². The van der Waals surface area contributed by atoms with Crippen LogP contribution in [0.15, 0.2) is 85.2 Å². The minimum Gasteiger partial charge on any atom is -0.550 e. The summed E-state index contributed by atoms with van der Waals surface area (Å²) < 4.78 is 0. The van der Waals surface area contributed by atoms with E-state index in [4.69, 9.17) is 4.98 Å². The standard InChI is InChI=1S/C22H17N3.2C18H36O2.Cu/c1-16-8-10-17(11-9-16)18-14-21(19-6-2-4-12-23-19)25-22(15-18)20-7-3-5-13-24-20;2*1-2-3-4-5-6-7-8-9-10-11-12-13-14-15-16-17-18(19)20;/h2-15H,1H3;2*2-17H2,1H3,(H,19,20);/q;;;+2/p-2. The van der Waals surface area contributed by atoms with Crippen LogP contribution in [0.1, 0.15) is 225 Å². The van der Waals surface area contributed by atoms with Crippen LogP contribution in [-0.4, -0.2) is 26.9 Å². The van der Waals surface area contributed by atoms with Crippen LogP contribution in [0.5, 0.6) is 0 Å². The number of hydrogen-bond donors (Lipinski definition) is 0. The predicted molar refractivity (Wildman–Crippen MR) is 270 cm³/mol. The zero-order valence-electron chi connectivity index (χ0n) is 41.5. The van der Waals surface area contributed by atoms with Crippen LogP contribution in [0, 0.1) is 6.92 Å². The van der Waals surface area contributed by atoms with Gasteiger partial charge in [0.25, 0.3) is 0 Å². The molecule has 3 heterocycles. The molecule has 1 radical (unpaired) electrons. The number of unbranched alkanes of at least 4 members (excludes halogenated alkanes) is 28. The molecule has 369 valence electrons. The summed E-state index contributed by atoms with van der Waals surface area (Å²) in [4.78, 5) is 34.1. The molecule has 0 aliphatic rings. The third-order valence-electron chi connectivity index (χ3n) is 12.0. The second kappa shape index (κ2) is 42.5. The first kappa shape index (κ1) is 60.1. The van der Waals surface area contributed by atoms with Crippen molar-refractivity contribution in [3.63, 3.8) is 0 Å². The number of carboxylic acids is 2. The predicted octanol–water partition coefficient (Wildman–Crippen LogP) is 15.2. The topological polar surface area (TPSA) is 119 Å². The van der Waals surface area contributed by atoms with E-state index in [-0.39, 0.29) is 29.9 Å². The van der Waals surface area contributed by atoms with Crippen molar-refractivity contribution in [3.05, 3.63) is 90.8 Å². The van der Waals surface area contributed by atoms with Gasteiger partial charge >= 0.3 is 17.1 Å². The van der Waals surface area contributed by atoms with Gasteiger partial charge < -0.3 is 19.8 Å². The van der Waals surface area contributed by atoms with Crippen LogP contribution in [0.2, 0.25) is 0 Å². The first-order valence-electron chi connectivity index (χ1n) is 26.2. The van der Waals surface area contributed by atoms with E-state index in [0.29, 0.717) is 0 Å². The molecule has 8 heteroatoms. The fraction of sp³-hybridized carbons (Fsp3) is 0.603. The Labute approximate surface area is 412 Å². The van der Waals surface area contributed by atoms with Crippen molar-refractivity contribution in [1.29, 1.82) is 0 Å². The van der Waals surface area contributed by atoms with Gasteiger partial charge in [-0.25, -0.2) is 4.98 Å². The summed E-state index contributed by atoms with van der Waals surface area (Å²) in [6.45, 7) is 6.63. The molecular weight excluding hydrogens is 866 g/mol. The maximum atomic E-state index is 10.2. The van der Waals surface area contributed by atoms with E-state index < -0.39 is 11.9 Å². The fourth-order valence-electron chi connectivity index (χ4n) is 8.02. The number of aromatic nitrogens is 3. The maximum Gasteiger partial charge on any atom is 2.00 e. The van der Waals surface area contributed by atoms with Crippen molar-refractivity contribution in [2.24, 2.45) is 0 Å². The number of carbonyl (C=O) groups excluding carboxylic acids is 2.